The quantitative estimate of drug-likeness (QED) is 0.867. The minimum atomic E-state index is -0.181. The summed E-state index contributed by atoms with van der Waals surface area (Å²) < 4.78 is 0. The summed E-state index contributed by atoms with van der Waals surface area (Å²) in [6.45, 7) is 1.77. The van der Waals surface area contributed by atoms with Crippen molar-refractivity contribution in [1.29, 1.82) is 0 Å². The van der Waals surface area contributed by atoms with Gasteiger partial charge in [0.1, 0.15) is 0 Å². The van der Waals surface area contributed by atoms with E-state index >= 15 is 0 Å². The van der Waals surface area contributed by atoms with E-state index in [1.165, 1.54) is 4.90 Å². The number of carbonyl (C=O) groups is 1. The minimum Gasteiger partial charge on any atom is -0.394 e. The van der Waals surface area contributed by atoms with E-state index in [0.717, 1.165) is 16.3 Å². The van der Waals surface area contributed by atoms with Gasteiger partial charge in [-0.25, -0.2) is 0 Å². The van der Waals surface area contributed by atoms with Crippen molar-refractivity contribution < 1.29 is 9.90 Å². The highest BCUT2D eigenvalue weighted by Gasteiger charge is 2.11. The Hall–Kier alpha value is -2.13. The van der Waals surface area contributed by atoms with Crippen molar-refractivity contribution in [3.63, 3.8) is 0 Å². The molecule has 1 amide bonds. The molecule has 3 heteroatoms. The van der Waals surface area contributed by atoms with E-state index in [4.69, 9.17) is 5.11 Å². The molecule has 0 aliphatic carbocycles. The van der Waals surface area contributed by atoms with E-state index < -0.39 is 0 Å². The second-order valence-corrected chi connectivity index (χ2v) is 4.88. The first-order chi connectivity index (χ1) is 9.63. The maximum Gasteiger partial charge on any atom is 0.246 e. The van der Waals surface area contributed by atoms with Gasteiger partial charge in [0.2, 0.25) is 5.91 Å². The predicted molar refractivity (Wildman–Crippen MR) is 82.3 cm³/mol. The van der Waals surface area contributed by atoms with Gasteiger partial charge in [-0.3, -0.25) is 4.79 Å². The number of benzene rings is 2. The van der Waals surface area contributed by atoms with Crippen LogP contribution in [0.25, 0.3) is 16.8 Å². The van der Waals surface area contributed by atoms with Gasteiger partial charge >= 0.3 is 0 Å². The summed E-state index contributed by atoms with van der Waals surface area (Å²) >= 11 is 0. The Labute approximate surface area is 119 Å². The first-order valence-corrected chi connectivity index (χ1v) is 6.67. The van der Waals surface area contributed by atoms with Crippen LogP contribution in [-0.4, -0.2) is 35.6 Å². The molecule has 104 valence electrons. The topological polar surface area (TPSA) is 40.5 Å². The molecule has 1 N–H and O–H groups in total. The third-order valence-electron chi connectivity index (χ3n) is 3.50. The van der Waals surface area contributed by atoms with Crippen LogP contribution in [0.1, 0.15) is 12.5 Å². The fourth-order valence-corrected chi connectivity index (χ4v) is 2.01. The number of amides is 1. The van der Waals surface area contributed by atoms with Crippen molar-refractivity contribution in [2.75, 3.05) is 13.7 Å². The highest BCUT2D eigenvalue weighted by Crippen LogP contribution is 2.19. The third-order valence-corrected chi connectivity index (χ3v) is 3.50. The van der Waals surface area contributed by atoms with Crippen LogP contribution in [-0.2, 0) is 4.79 Å². The normalized spacial score (nSPS) is 12.8. The molecule has 0 aromatic heterocycles. The summed E-state index contributed by atoms with van der Waals surface area (Å²) in [5.74, 6) is -0.112. The number of rotatable bonds is 4. The van der Waals surface area contributed by atoms with E-state index in [2.05, 4.69) is 12.1 Å². The lowest BCUT2D eigenvalue weighted by Gasteiger charge is -2.21. The molecule has 0 fully saturated rings. The van der Waals surface area contributed by atoms with Gasteiger partial charge in [0.15, 0.2) is 0 Å². The molecule has 3 nitrogen and oxygen atoms in total. The number of aliphatic hydroxyl groups is 1. The molecule has 0 bridgehead atoms. The second kappa shape index (κ2) is 6.35. The Morgan fingerprint density at radius 3 is 2.70 bits per heavy atom. The number of aliphatic hydroxyl groups excluding tert-OH is 1. The van der Waals surface area contributed by atoms with Gasteiger partial charge in [-0.1, -0.05) is 42.5 Å². The van der Waals surface area contributed by atoms with E-state index in [9.17, 15) is 4.79 Å². The number of likely N-dealkylation sites (N-methyl/N-ethyl adjacent to an activating group) is 1. The number of nitrogens with zero attached hydrogens (tertiary/aromatic N) is 1. The van der Waals surface area contributed by atoms with E-state index in [1.54, 1.807) is 13.1 Å². The minimum absolute atomic E-state index is 0.0374. The van der Waals surface area contributed by atoms with Gasteiger partial charge in [0.25, 0.3) is 0 Å². The van der Waals surface area contributed by atoms with Gasteiger partial charge in [-0.05, 0) is 29.3 Å². The first kappa shape index (κ1) is 14.3. The highest BCUT2D eigenvalue weighted by atomic mass is 16.3. The summed E-state index contributed by atoms with van der Waals surface area (Å²) in [4.78, 5) is 13.5. The lowest BCUT2D eigenvalue weighted by atomic mass is 10.0. The molecule has 0 saturated carbocycles. The van der Waals surface area contributed by atoms with Crippen molar-refractivity contribution >= 4 is 22.8 Å². The van der Waals surface area contributed by atoms with Crippen molar-refractivity contribution in [2.45, 2.75) is 13.0 Å². The van der Waals surface area contributed by atoms with Gasteiger partial charge in [-0.2, -0.15) is 0 Å². The maximum absolute atomic E-state index is 12.0. The van der Waals surface area contributed by atoms with Crippen molar-refractivity contribution in [3.05, 3.63) is 54.1 Å². The van der Waals surface area contributed by atoms with Crippen LogP contribution in [0.3, 0.4) is 0 Å². The fourth-order valence-electron chi connectivity index (χ4n) is 2.01. The zero-order chi connectivity index (χ0) is 14.5. The number of fused-ring (bicyclic) bond motifs is 1. The lowest BCUT2D eigenvalue weighted by Crippen LogP contribution is -2.36. The number of hydrogen-bond donors (Lipinski definition) is 1. The van der Waals surface area contributed by atoms with Gasteiger partial charge in [0.05, 0.1) is 12.6 Å². The highest BCUT2D eigenvalue weighted by molar-refractivity contribution is 5.96. The Morgan fingerprint density at radius 1 is 1.25 bits per heavy atom. The molecule has 2 aromatic rings. The molecule has 2 rings (SSSR count). The largest absolute Gasteiger partial charge is 0.394 e. The summed E-state index contributed by atoms with van der Waals surface area (Å²) in [5, 5.41) is 11.3. The van der Waals surface area contributed by atoms with Crippen LogP contribution in [0.5, 0.6) is 0 Å². The van der Waals surface area contributed by atoms with Crippen LogP contribution in [0.2, 0.25) is 0 Å². The molecule has 2 aromatic carbocycles. The van der Waals surface area contributed by atoms with E-state index in [0.29, 0.717) is 0 Å². The Morgan fingerprint density at radius 2 is 1.95 bits per heavy atom. The Balaban J connectivity index is 2.24. The van der Waals surface area contributed by atoms with E-state index in [-0.39, 0.29) is 18.6 Å². The SMILES string of the molecule is CC(CO)N(C)C(=O)/C=C/c1cccc2ccccc12. The lowest BCUT2D eigenvalue weighted by molar-refractivity contribution is -0.127. The number of hydrogen-bond acceptors (Lipinski definition) is 2. The molecule has 1 unspecified atom stereocenters. The van der Waals surface area contributed by atoms with Crippen molar-refractivity contribution in [3.8, 4) is 0 Å². The predicted octanol–water partition coefficient (Wildman–Crippen LogP) is 2.69. The van der Waals surface area contributed by atoms with Gasteiger partial charge in [-0.15, -0.1) is 0 Å². The molecule has 0 aliphatic rings. The average Bonchev–Trinajstić information content (AvgIpc) is 2.50. The summed E-state index contributed by atoms with van der Waals surface area (Å²) in [6.07, 6.45) is 3.37. The molecule has 20 heavy (non-hydrogen) atoms. The summed E-state index contributed by atoms with van der Waals surface area (Å²) in [6, 6.07) is 13.9. The Bertz CT molecular complexity index is 628. The standard InChI is InChI=1S/C17H19NO2/c1-13(12-19)18(2)17(20)11-10-15-8-5-7-14-6-3-4-9-16(14)15/h3-11,13,19H,12H2,1-2H3/b11-10+. The van der Waals surface area contributed by atoms with Crippen molar-refractivity contribution in [1.82, 2.24) is 4.90 Å². The summed E-state index contributed by atoms with van der Waals surface area (Å²) in [5.41, 5.74) is 1.02. The van der Waals surface area contributed by atoms with E-state index in [1.807, 2.05) is 43.3 Å². The average molecular weight is 269 g/mol. The van der Waals surface area contributed by atoms with Crippen LogP contribution < -0.4 is 0 Å². The maximum atomic E-state index is 12.0. The van der Waals surface area contributed by atoms with Crippen LogP contribution >= 0.6 is 0 Å². The Kier molecular flexibility index (Phi) is 4.53. The zero-order valence-corrected chi connectivity index (χ0v) is 11.8. The fraction of sp³-hybridized carbons (Fsp3) is 0.235. The second-order valence-electron chi connectivity index (χ2n) is 4.88. The molecular formula is C17H19NO2. The van der Waals surface area contributed by atoms with Crippen LogP contribution in [0.4, 0.5) is 0 Å². The van der Waals surface area contributed by atoms with Crippen LogP contribution in [0.15, 0.2) is 48.5 Å². The monoisotopic (exact) mass is 269 g/mol. The molecule has 0 spiro atoms. The van der Waals surface area contributed by atoms with Crippen LogP contribution in [0, 0.1) is 0 Å². The molecule has 0 saturated heterocycles. The van der Waals surface area contributed by atoms with Crippen molar-refractivity contribution in [2.24, 2.45) is 0 Å². The smallest absolute Gasteiger partial charge is 0.246 e. The number of carbonyl (C=O) groups excluding carboxylic acids is 1. The van der Waals surface area contributed by atoms with Gasteiger partial charge in [0, 0.05) is 13.1 Å². The summed E-state index contributed by atoms with van der Waals surface area (Å²) in [7, 11) is 1.69. The zero-order valence-electron chi connectivity index (χ0n) is 11.8. The molecular weight excluding hydrogens is 250 g/mol. The third kappa shape index (κ3) is 3.06. The molecule has 0 heterocycles. The molecule has 0 radical (unpaired) electrons. The molecule has 1 atom stereocenters. The molecule has 0 aliphatic heterocycles. The first-order valence-electron chi connectivity index (χ1n) is 6.67. The van der Waals surface area contributed by atoms with Gasteiger partial charge < -0.3 is 10.0 Å².